The van der Waals surface area contributed by atoms with E-state index in [-0.39, 0.29) is 16.9 Å². The van der Waals surface area contributed by atoms with Crippen molar-refractivity contribution < 1.29 is 8.42 Å². The molecule has 1 aliphatic heterocycles. The number of imidazole rings is 1. The van der Waals surface area contributed by atoms with Gasteiger partial charge in [0.25, 0.3) is 10.0 Å². The van der Waals surface area contributed by atoms with Gasteiger partial charge in [-0.2, -0.15) is 8.42 Å². The van der Waals surface area contributed by atoms with Crippen LogP contribution in [0.1, 0.15) is 12.5 Å². The average molecular weight is 292 g/mol. The highest BCUT2D eigenvalue weighted by Crippen LogP contribution is 2.37. The molecule has 0 amide bonds. The number of aromatic nitrogens is 2. The third-order valence-corrected chi connectivity index (χ3v) is 5.62. The predicted molar refractivity (Wildman–Crippen MR) is 76.9 cm³/mol. The number of aryl methyl sites for hydroxylation is 1. The summed E-state index contributed by atoms with van der Waals surface area (Å²) in [7, 11) is -2.08. The summed E-state index contributed by atoms with van der Waals surface area (Å²) in [5.74, 6) is 0.0316. The molecule has 2 heterocycles. The summed E-state index contributed by atoms with van der Waals surface area (Å²) < 4.78 is 28.7. The normalized spacial score (nSPS) is 18.3. The van der Waals surface area contributed by atoms with Gasteiger partial charge in [0.2, 0.25) is 0 Å². The first kappa shape index (κ1) is 13.0. The average Bonchev–Trinajstić information content (AvgIpc) is 2.88. The highest BCUT2D eigenvalue weighted by Gasteiger charge is 2.38. The van der Waals surface area contributed by atoms with Crippen molar-refractivity contribution in [2.75, 3.05) is 10.0 Å². The Morgan fingerprint density at radius 2 is 2.05 bits per heavy atom. The Balaban J connectivity index is 2.18. The molecular formula is C13H16N4O2S. The third kappa shape index (κ3) is 1.70. The number of nitrogens with zero attached hydrogens (tertiary/aromatic N) is 3. The van der Waals surface area contributed by atoms with Gasteiger partial charge in [0.15, 0.2) is 10.8 Å². The Morgan fingerprint density at radius 1 is 1.35 bits per heavy atom. The van der Waals surface area contributed by atoms with Crippen molar-refractivity contribution in [3.63, 3.8) is 0 Å². The Labute approximate surface area is 117 Å². The maximum absolute atomic E-state index is 12.9. The van der Waals surface area contributed by atoms with Crippen LogP contribution >= 0.6 is 0 Å². The van der Waals surface area contributed by atoms with Gasteiger partial charge in [0.1, 0.15) is 0 Å². The summed E-state index contributed by atoms with van der Waals surface area (Å²) in [5, 5.41) is 0.0426. The second-order valence-electron chi connectivity index (χ2n) is 5.03. The van der Waals surface area contributed by atoms with Crippen LogP contribution in [-0.4, -0.2) is 24.0 Å². The standard InChI is InChI=1S/C13H16N4O2S/c1-9-7-10-5-3-4-6-11(10)17(9)20(18,19)13-12(14)15-8-16(13)2/h3-6,8-9H,7,14H2,1-2H3. The van der Waals surface area contributed by atoms with Crippen LogP contribution in [0.25, 0.3) is 0 Å². The number of nitrogens with two attached hydrogens (primary N) is 1. The van der Waals surface area contributed by atoms with Crippen LogP contribution in [0.5, 0.6) is 0 Å². The lowest BCUT2D eigenvalue weighted by atomic mass is 10.1. The molecule has 7 heteroatoms. The molecule has 1 aliphatic rings. The number of anilines is 2. The summed E-state index contributed by atoms with van der Waals surface area (Å²) in [6.45, 7) is 1.89. The van der Waals surface area contributed by atoms with Crippen molar-refractivity contribution in [1.29, 1.82) is 0 Å². The third-order valence-electron chi connectivity index (χ3n) is 3.56. The monoisotopic (exact) mass is 292 g/mol. The zero-order valence-corrected chi connectivity index (χ0v) is 12.1. The molecule has 20 heavy (non-hydrogen) atoms. The minimum atomic E-state index is -3.71. The second-order valence-corrected chi connectivity index (χ2v) is 6.76. The Kier molecular flexibility index (Phi) is 2.75. The van der Waals surface area contributed by atoms with Crippen LogP contribution < -0.4 is 10.0 Å². The first-order chi connectivity index (χ1) is 9.43. The molecule has 3 rings (SSSR count). The SMILES string of the molecule is CC1Cc2ccccc2N1S(=O)(=O)c1c(N)ncn1C. The van der Waals surface area contributed by atoms with Crippen LogP contribution in [0.3, 0.4) is 0 Å². The fourth-order valence-corrected chi connectivity index (χ4v) is 4.65. The highest BCUT2D eigenvalue weighted by atomic mass is 32.2. The number of benzene rings is 1. The molecule has 1 atom stereocenters. The number of hydrogen-bond donors (Lipinski definition) is 1. The minimum absolute atomic E-state index is 0.0316. The summed E-state index contributed by atoms with van der Waals surface area (Å²) >= 11 is 0. The first-order valence-electron chi connectivity index (χ1n) is 6.32. The lowest BCUT2D eigenvalue weighted by Crippen LogP contribution is -2.37. The van der Waals surface area contributed by atoms with Crippen LogP contribution in [0, 0.1) is 0 Å². The van der Waals surface area contributed by atoms with E-state index in [1.165, 1.54) is 15.2 Å². The van der Waals surface area contributed by atoms with Gasteiger partial charge in [-0.3, -0.25) is 4.31 Å². The zero-order valence-electron chi connectivity index (χ0n) is 11.3. The first-order valence-corrected chi connectivity index (χ1v) is 7.76. The van der Waals surface area contributed by atoms with Gasteiger partial charge in [0, 0.05) is 13.1 Å². The molecule has 1 aromatic heterocycles. The van der Waals surface area contributed by atoms with Crippen molar-refractivity contribution in [2.24, 2.45) is 7.05 Å². The minimum Gasteiger partial charge on any atom is -0.381 e. The van der Waals surface area contributed by atoms with E-state index in [1.54, 1.807) is 7.05 Å². The Hall–Kier alpha value is -2.02. The molecule has 2 aromatic rings. The van der Waals surface area contributed by atoms with Gasteiger partial charge in [-0.25, -0.2) is 4.98 Å². The summed E-state index contributed by atoms with van der Waals surface area (Å²) in [5.41, 5.74) is 7.48. The van der Waals surface area contributed by atoms with E-state index >= 15 is 0 Å². The fraction of sp³-hybridized carbons (Fsp3) is 0.308. The topological polar surface area (TPSA) is 81.2 Å². The molecule has 2 N–H and O–H groups in total. The van der Waals surface area contributed by atoms with E-state index in [9.17, 15) is 8.42 Å². The number of fused-ring (bicyclic) bond motifs is 1. The van der Waals surface area contributed by atoms with Crippen molar-refractivity contribution in [1.82, 2.24) is 9.55 Å². The number of rotatable bonds is 2. The maximum Gasteiger partial charge on any atom is 0.284 e. The van der Waals surface area contributed by atoms with Gasteiger partial charge in [-0.1, -0.05) is 18.2 Å². The van der Waals surface area contributed by atoms with E-state index in [0.717, 1.165) is 11.3 Å². The fourth-order valence-electron chi connectivity index (χ4n) is 2.75. The van der Waals surface area contributed by atoms with Crippen LogP contribution in [0.15, 0.2) is 35.6 Å². The van der Waals surface area contributed by atoms with Gasteiger partial charge in [0.05, 0.1) is 12.0 Å². The Morgan fingerprint density at radius 3 is 2.70 bits per heavy atom. The number of nitrogen functional groups attached to an aromatic ring is 1. The van der Waals surface area contributed by atoms with E-state index in [1.807, 2.05) is 31.2 Å². The molecule has 0 spiro atoms. The number of hydrogen-bond acceptors (Lipinski definition) is 4. The molecule has 1 aromatic carbocycles. The zero-order chi connectivity index (χ0) is 14.5. The molecule has 106 valence electrons. The van der Waals surface area contributed by atoms with E-state index < -0.39 is 10.0 Å². The molecule has 6 nitrogen and oxygen atoms in total. The van der Waals surface area contributed by atoms with E-state index in [4.69, 9.17) is 5.73 Å². The highest BCUT2D eigenvalue weighted by molar-refractivity contribution is 7.93. The summed E-state index contributed by atoms with van der Waals surface area (Å²) in [6.07, 6.45) is 2.11. The molecule has 0 bridgehead atoms. The number of para-hydroxylation sites is 1. The van der Waals surface area contributed by atoms with Crippen molar-refractivity contribution in [3.8, 4) is 0 Å². The Bertz CT molecular complexity index is 747. The largest absolute Gasteiger partial charge is 0.381 e. The molecule has 0 saturated carbocycles. The van der Waals surface area contributed by atoms with E-state index in [0.29, 0.717) is 6.42 Å². The summed E-state index contributed by atoms with van der Waals surface area (Å²) in [6, 6.07) is 7.40. The quantitative estimate of drug-likeness (QED) is 0.900. The molecule has 0 saturated heterocycles. The van der Waals surface area contributed by atoms with E-state index in [2.05, 4.69) is 4.98 Å². The lowest BCUT2D eigenvalue weighted by molar-refractivity contribution is 0.575. The maximum atomic E-state index is 12.9. The number of sulfonamides is 1. The van der Waals surface area contributed by atoms with Crippen molar-refractivity contribution in [2.45, 2.75) is 24.4 Å². The second kappa shape index (κ2) is 4.24. The summed E-state index contributed by atoms with van der Waals surface area (Å²) in [4.78, 5) is 3.87. The lowest BCUT2D eigenvalue weighted by Gasteiger charge is -2.24. The van der Waals surface area contributed by atoms with Crippen LogP contribution in [0.2, 0.25) is 0 Å². The van der Waals surface area contributed by atoms with Gasteiger partial charge in [-0.15, -0.1) is 0 Å². The van der Waals surface area contributed by atoms with Crippen LogP contribution in [-0.2, 0) is 23.5 Å². The molecule has 0 radical (unpaired) electrons. The smallest absolute Gasteiger partial charge is 0.284 e. The molecular weight excluding hydrogens is 276 g/mol. The molecule has 1 unspecified atom stereocenters. The van der Waals surface area contributed by atoms with Gasteiger partial charge < -0.3 is 10.3 Å². The molecule has 0 aliphatic carbocycles. The van der Waals surface area contributed by atoms with Crippen molar-refractivity contribution >= 4 is 21.5 Å². The predicted octanol–water partition coefficient (Wildman–Crippen LogP) is 1.14. The molecule has 0 fully saturated rings. The van der Waals surface area contributed by atoms with Gasteiger partial charge >= 0.3 is 0 Å². The van der Waals surface area contributed by atoms with Crippen molar-refractivity contribution in [3.05, 3.63) is 36.2 Å². The van der Waals surface area contributed by atoms with Gasteiger partial charge in [-0.05, 0) is 25.0 Å². The van der Waals surface area contributed by atoms with Crippen LogP contribution in [0.4, 0.5) is 11.5 Å².